The van der Waals surface area contributed by atoms with Crippen LogP contribution < -0.4 is 5.32 Å². The van der Waals surface area contributed by atoms with Crippen molar-refractivity contribution in [3.05, 3.63) is 72.4 Å². The summed E-state index contributed by atoms with van der Waals surface area (Å²) in [4.78, 5) is 30.8. The van der Waals surface area contributed by atoms with Gasteiger partial charge in [-0.15, -0.1) is 0 Å². The van der Waals surface area contributed by atoms with E-state index in [0.29, 0.717) is 30.9 Å². The summed E-state index contributed by atoms with van der Waals surface area (Å²) in [5.74, 6) is 0.384. The Balaban J connectivity index is 1.22. The molecule has 7 nitrogen and oxygen atoms in total. The maximum absolute atomic E-state index is 13.7. The van der Waals surface area contributed by atoms with E-state index in [1.165, 1.54) is 12.8 Å². The van der Waals surface area contributed by atoms with Gasteiger partial charge in [-0.25, -0.2) is 4.68 Å². The summed E-state index contributed by atoms with van der Waals surface area (Å²) in [6.07, 6.45) is 6.05. The van der Waals surface area contributed by atoms with Gasteiger partial charge < -0.3 is 15.1 Å². The smallest absolute Gasteiger partial charge is 0.257 e. The molecule has 0 bridgehead atoms. The van der Waals surface area contributed by atoms with Crippen molar-refractivity contribution in [1.29, 1.82) is 0 Å². The zero-order valence-electron chi connectivity index (χ0n) is 21.7. The number of nitrogens with zero attached hydrogens (tertiary/aromatic N) is 4. The molecular formula is C30H37N5O2. The number of benzene rings is 2. The molecule has 2 aliphatic rings. The lowest BCUT2D eigenvalue weighted by atomic mass is 9.84. The number of likely N-dealkylation sites (tertiary alicyclic amines) is 2. The van der Waals surface area contributed by atoms with Gasteiger partial charge in [-0.05, 0) is 56.8 Å². The number of para-hydroxylation sites is 1. The minimum absolute atomic E-state index is 0.00204. The van der Waals surface area contributed by atoms with E-state index in [1.807, 2.05) is 78.7 Å². The van der Waals surface area contributed by atoms with Crippen molar-refractivity contribution in [3.63, 3.8) is 0 Å². The number of carbonyl (C=O) groups excluding carboxylic acids is 2. The third kappa shape index (κ3) is 5.93. The van der Waals surface area contributed by atoms with Crippen molar-refractivity contribution < 1.29 is 9.59 Å². The molecule has 0 unspecified atom stereocenters. The van der Waals surface area contributed by atoms with Crippen molar-refractivity contribution in [2.45, 2.75) is 32.6 Å². The summed E-state index contributed by atoms with van der Waals surface area (Å²) in [6.45, 7) is 7.28. The first-order valence-electron chi connectivity index (χ1n) is 13.6. The SMILES string of the molecule is C[C@H](C(=O)NCCN1CCCC1)C1CCN(C(=O)c2cn(-c3ccccc3)nc2-c2ccccc2)CC1. The first-order valence-corrected chi connectivity index (χ1v) is 13.6. The Morgan fingerprint density at radius 3 is 2.27 bits per heavy atom. The molecule has 3 aromatic rings. The van der Waals surface area contributed by atoms with Gasteiger partial charge in [0.2, 0.25) is 5.91 Å². The maximum Gasteiger partial charge on any atom is 0.257 e. The van der Waals surface area contributed by atoms with Crippen molar-refractivity contribution in [2.24, 2.45) is 11.8 Å². The Bertz CT molecular complexity index is 1180. The van der Waals surface area contributed by atoms with E-state index in [4.69, 9.17) is 5.10 Å². The van der Waals surface area contributed by atoms with Gasteiger partial charge >= 0.3 is 0 Å². The number of hydrogen-bond donors (Lipinski definition) is 1. The molecule has 37 heavy (non-hydrogen) atoms. The fraction of sp³-hybridized carbons (Fsp3) is 0.433. The number of aromatic nitrogens is 2. The van der Waals surface area contributed by atoms with E-state index in [-0.39, 0.29) is 23.7 Å². The lowest BCUT2D eigenvalue weighted by Gasteiger charge is -2.34. The molecule has 0 spiro atoms. The summed E-state index contributed by atoms with van der Waals surface area (Å²) < 4.78 is 1.79. The minimum Gasteiger partial charge on any atom is -0.355 e. The molecule has 0 radical (unpaired) electrons. The maximum atomic E-state index is 13.7. The standard InChI is InChI=1S/C30H37N5O2/c1-23(29(36)31-16-21-33-17-8-9-18-33)24-14-19-34(20-15-24)30(37)27-22-35(26-12-6-3-7-13-26)32-28(27)25-10-4-2-5-11-25/h2-7,10-13,22-24H,8-9,14-21H2,1H3,(H,31,36)/t23-/m0/s1. The third-order valence-electron chi connectivity index (χ3n) is 7.89. The first-order chi connectivity index (χ1) is 18.1. The van der Waals surface area contributed by atoms with E-state index < -0.39 is 0 Å². The van der Waals surface area contributed by atoms with Crippen LogP contribution in [0, 0.1) is 11.8 Å². The molecule has 3 heterocycles. The van der Waals surface area contributed by atoms with Crippen molar-refractivity contribution >= 4 is 11.8 Å². The van der Waals surface area contributed by atoms with Crippen LogP contribution in [0.3, 0.4) is 0 Å². The number of rotatable bonds is 8. The molecule has 2 amide bonds. The highest BCUT2D eigenvalue weighted by atomic mass is 16.2. The van der Waals surface area contributed by atoms with Gasteiger partial charge in [0, 0.05) is 43.9 Å². The van der Waals surface area contributed by atoms with Gasteiger partial charge in [-0.3, -0.25) is 9.59 Å². The molecule has 2 aromatic carbocycles. The van der Waals surface area contributed by atoms with Crippen LogP contribution in [0.4, 0.5) is 0 Å². The van der Waals surface area contributed by atoms with Gasteiger partial charge in [0.1, 0.15) is 5.69 Å². The summed E-state index contributed by atoms with van der Waals surface area (Å²) >= 11 is 0. The second-order valence-electron chi connectivity index (χ2n) is 10.3. The van der Waals surface area contributed by atoms with Gasteiger partial charge in [-0.1, -0.05) is 55.5 Å². The van der Waals surface area contributed by atoms with E-state index in [2.05, 4.69) is 10.2 Å². The minimum atomic E-state index is -0.0449. The molecule has 0 saturated carbocycles. The summed E-state index contributed by atoms with van der Waals surface area (Å²) in [7, 11) is 0. The highest BCUT2D eigenvalue weighted by Gasteiger charge is 2.31. The third-order valence-corrected chi connectivity index (χ3v) is 7.89. The van der Waals surface area contributed by atoms with Crippen LogP contribution in [-0.4, -0.2) is 70.7 Å². The molecule has 2 saturated heterocycles. The van der Waals surface area contributed by atoms with Crippen LogP contribution in [0.2, 0.25) is 0 Å². The predicted molar refractivity (Wildman–Crippen MR) is 145 cm³/mol. The van der Waals surface area contributed by atoms with Gasteiger partial charge in [-0.2, -0.15) is 5.10 Å². The number of nitrogens with one attached hydrogen (secondary N) is 1. The highest BCUT2D eigenvalue weighted by molar-refractivity contribution is 6.00. The van der Waals surface area contributed by atoms with E-state index in [0.717, 1.165) is 43.7 Å². The first kappa shape index (κ1) is 25.2. The number of piperidine rings is 1. The average molecular weight is 500 g/mol. The fourth-order valence-corrected chi connectivity index (χ4v) is 5.54. The monoisotopic (exact) mass is 499 g/mol. The molecule has 1 aromatic heterocycles. The van der Waals surface area contributed by atoms with Crippen molar-refractivity contribution in [1.82, 2.24) is 24.9 Å². The number of carbonyl (C=O) groups is 2. The van der Waals surface area contributed by atoms with Crippen LogP contribution in [0.15, 0.2) is 66.9 Å². The van der Waals surface area contributed by atoms with Crippen LogP contribution in [0.5, 0.6) is 0 Å². The Hall–Kier alpha value is -3.45. The molecule has 2 fully saturated rings. The molecular weight excluding hydrogens is 462 g/mol. The number of amides is 2. The van der Waals surface area contributed by atoms with Crippen LogP contribution >= 0.6 is 0 Å². The van der Waals surface area contributed by atoms with E-state index in [9.17, 15) is 9.59 Å². The predicted octanol–water partition coefficient (Wildman–Crippen LogP) is 4.24. The van der Waals surface area contributed by atoms with Crippen LogP contribution in [0.1, 0.15) is 43.0 Å². The zero-order chi connectivity index (χ0) is 25.6. The second kappa shape index (κ2) is 11.7. The number of hydrogen-bond acceptors (Lipinski definition) is 4. The molecule has 1 N–H and O–H groups in total. The average Bonchev–Trinajstić information content (AvgIpc) is 3.64. The Labute approximate surface area is 219 Å². The Morgan fingerprint density at radius 2 is 1.59 bits per heavy atom. The van der Waals surface area contributed by atoms with Gasteiger partial charge in [0.15, 0.2) is 0 Å². The molecule has 194 valence electrons. The summed E-state index contributed by atoms with van der Waals surface area (Å²) in [5.41, 5.74) is 3.15. The van der Waals surface area contributed by atoms with Gasteiger partial charge in [0.05, 0.1) is 11.3 Å². The Kier molecular flexibility index (Phi) is 7.99. The molecule has 5 rings (SSSR count). The van der Waals surface area contributed by atoms with Crippen molar-refractivity contribution in [2.75, 3.05) is 39.3 Å². The molecule has 0 aliphatic carbocycles. The summed E-state index contributed by atoms with van der Waals surface area (Å²) in [5, 5.41) is 7.94. The van der Waals surface area contributed by atoms with E-state index >= 15 is 0 Å². The highest BCUT2D eigenvalue weighted by Crippen LogP contribution is 2.29. The van der Waals surface area contributed by atoms with Crippen molar-refractivity contribution in [3.8, 4) is 16.9 Å². The topological polar surface area (TPSA) is 70.5 Å². The molecule has 1 atom stereocenters. The quantitative estimate of drug-likeness (QED) is 0.503. The second-order valence-corrected chi connectivity index (χ2v) is 10.3. The van der Waals surface area contributed by atoms with Crippen LogP contribution in [-0.2, 0) is 4.79 Å². The van der Waals surface area contributed by atoms with Crippen LogP contribution in [0.25, 0.3) is 16.9 Å². The lowest BCUT2D eigenvalue weighted by Crippen LogP contribution is -2.43. The summed E-state index contributed by atoms with van der Waals surface area (Å²) in [6, 6.07) is 19.8. The largest absolute Gasteiger partial charge is 0.355 e. The van der Waals surface area contributed by atoms with E-state index in [1.54, 1.807) is 4.68 Å². The fourth-order valence-electron chi connectivity index (χ4n) is 5.54. The van der Waals surface area contributed by atoms with Gasteiger partial charge in [0.25, 0.3) is 5.91 Å². The molecule has 7 heteroatoms. The zero-order valence-corrected chi connectivity index (χ0v) is 21.7. The molecule has 2 aliphatic heterocycles. The normalized spacial score (nSPS) is 17.6. The Morgan fingerprint density at radius 1 is 0.946 bits per heavy atom. The lowest BCUT2D eigenvalue weighted by molar-refractivity contribution is -0.126.